The van der Waals surface area contributed by atoms with Gasteiger partial charge in [-0.3, -0.25) is 9.48 Å². The molecule has 7 heteroatoms. The van der Waals surface area contributed by atoms with Gasteiger partial charge in [-0.15, -0.1) is 0 Å². The van der Waals surface area contributed by atoms with Gasteiger partial charge < -0.3 is 10.6 Å². The molecule has 1 fully saturated rings. The summed E-state index contributed by atoms with van der Waals surface area (Å²) in [5, 5.41) is 11.0. The molecule has 3 rings (SSSR count). The Morgan fingerprint density at radius 1 is 1.53 bits per heavy atom. The van der Waals surface area contributed by atoms with Crippen LogP contribution < -0.4 is 10.6 Å². The number of anilines is 1. The molecular formula is C10H12N6O. The molecule has 1 amide bonds. The smallest absolute Gasteiger partial charge is 0.222 e. The fourth-order valence-corrected chi connectivity index (χ4v) is 1.98. The number of fused-ring (bicyclic) bond motifs is 1. The van der Waals surface area contributed by atoms with Crippen LogP contribution in [0.1, 0.15) is 6.42 Å². The van der Waals surface area contributed by atoms with E-state index in [9.17, 15) is 4.79 Å². The molecule has 2 N–H and O–H groups in total. The summed E-state index contributed by atoms with van der Waals surface area (Å²) in [7, 11) is 1.83. The number of hydrogen-bond acceptors (Lipinski definition) is 5. The number of nitrogens with zero attached hydrogens (tertiary/aromatic N) is 4. The highest BCUT2D eigenvalue weighted by molar-refractivity contribution is 5.87. The maximum absolute atomic E-state index is 11.1. The Hall–Kier alpha value is -2.18. The third kappa shape index (κ3) is 1.69. The zero-order valence-corrected chi connectivity index (χ0v) is 9.34. The molecule has 0 aromatic carbocycles. The van der Waals surface area contributed by atoms with Gasteiger partial charge in [0, 0.05) is 20.0 Å². The molecule has 17 heavy (non-hydrogen) atoms. The van der Waals surface area contributed by atoms with Crippen LogP contribution in [-0.4, -0.2) is 38.2 Å². The Bertz CT molecular complexity index is 577. The largest absolute Gasteiger partial charge is 0.364 e. The number of carbonyl (C=O) groups excluding carboxylic acids is 1. The highest BCUT2D eigenvalue weighted by Crippen LogP contribution is 2.19. The van der Waals surface area contributed by atoms with Gasteiger partial charge in [0.05, 0.1) is 17.6 Å². The first-order valence-electron chi connectivity index (χ1n) is 5.40. The van der Waals surface area contributed by atoms with E-state index < -0.39 is 0 Å². The first kappa shape index (κ1) is 10.0. The number of amides is 1. The van der Waals surface area contributed by atoms with Gasteiger partial charge in [-0.05, 0) is 0 Å². The normalized spacial score (nSPS) is 19.6. The summed E-state index contributed by atoms with van der Waals surface area (Å²) in [5.41, 5.74) is 0.778. The molecule has 0 saturated carbocycles. The van der Waals surface area contributed by atoms with Crippen molar-refractivity contribution >= 4 is 22.8 Å². The van der Waals surface area contributed by atoms with Gasteiger partial charge in [0.2, 0.25) is 5.91 Å². The number of hydrogen-bond donors (Lipinski definition) is 2. The Balaban J connectivity index is 1.92. The SMILES string of the molecule is Cn1ncc2c(NC3CNC(=O)C3)ncnc21. The molecule has 1 aliphatic rings. The maximum Gasteiger partial charge on any atom is 0.222 e. The van der Waals surface area contributed by atoms with E-state index in [0.717, 1.165) is 16.9 Å². The van der Waals surface area contributed by atoms with Gasteiger partial charge in [-0.1, -0.05) is 0 Å². The number of rotatable bonds is 2. The van der Waals surface area contributed by atoms with E-state index in [0.29, 0.717) is 13.0 Å². The maximum atomic E-state index is 11.1. The Kier molecular flexibility index (Phi) is 2.17. The first-order chi connectivity index (χ1) is 8.24. The van der Waals surface area contributed by atoms with E-state index >= 15 is 0 Å². The van der Waals surface area contributed by atoms with Crippen molar-refractivity contribution < 1.29 is 4.79 Å². The van der Waals surface area contributed by atoms with Crippen LogP contribution in [-0.2, 0) is 11.8 Å². The van der Waals surface area contributed by atoms with Gasteiger partial charge in [0.15, 0.2) is 5.65 Å². The van der Waals surface area contributed by atoms with Crippen LogP contribution in [0.15, 0.2) is 12.5 Å². The fraction of sp³-hybridized carbons (Fsp3) is 0.400. The minimum atomic E-state index is 0.0685. The van der Waals surface area contributed by atoms with Crippen molar-refractivity contribution in [3.8, 4) is 0 Å². The fourth-order valence-electron chi connectivity index (χ4n) is 1.98. The second-order valence-electron chi connectivity index (χ2n) is 4.08. The molecule has 1 aliphatic heterocycles. The molecule has 2 aromatic rings. The van der Waals surface area contributed by atoms with E-state index in [-0.39, 0.29) is 11.9 Å². The van der Waals surface area contributed by atoms with Gasteiger partial charge >= 0.3 is 0 Å². The van der Waals surface area contributed by atoms with Crippen LogP contribution in [0.3, 0.4) is 0 Å². The molecule has 0 aliphatic carbocycles. The summed E-state index contributed by atoms with van der Waals surface area (Å²) >= 11 is 0. The second kappa shape index (κ2) is 3.69. The zero-order valence-electron chi connectivity index (χ0n) is 9.34. The molecule has 7 nitrogen and oxygen atoms in total. The molecule has 2 aromatic heterocycles. The monoisotopic (exact) mass is 232 g/mol. The Labute approximate surface area is 97.2 Å². The molecule has 3 heterocycles. The average Bonchev–Trinajstić information content (AvgIpc) is 2.88. The lowest BCUT2D eigenvalue weighted by molar-refractivity contribution is -0.119. The number of aromatic nitrogens is 4. The standard InChI is InChI=1S/C10H12N6O/c1-16-10-7(4-14-16)9(12-5-13-10)15-6-2-8(17)11-3-6/h4-6H,2-3H2,1H3,(H,11,17)(H,12,13,15). The van der Waals surface area contributed by atoms with Crippen LogP contribution in [0, 0.1) is 0 Å². The predicted octanol–water partition coefficient (Wildman–Crippen LogP) is -0.336. The summed E-state index contributed by atoms with van der Waals surface area (Å²) in [4.78, 5) is 19.5. The van der Waals surface area contributed by atoms with Crippen molar-refractivity contribution in [2.24, 2.45) is 7.05 Å². The number of nitrogens with one attached hydrogen (secondary N) is 2. The van der Waals surface area contributed by atoms with Crippen molar-refractivity contribution in [3.63, 3.8) is 0 Å². The molecule has 88 valence electrons. The lowest BCUT2D eigenvalue weighted by Gasteiger charge is -2.11. The topological polar surface area (TPSA) is 84.7 Å². The zero-order chi connectivity index (χ0) is 11.8. The highest BCUT2D eigenvalue weighted by Gasteiger charge is 2.22. The van der Waals surface area contributed by atoms with Crippen molar-refractivity contribution in [1.29, 1.82) is 0 Å². The minimum Gasteiger partial charge on any atom is -0.364 e. The highest BCUT2D eigenvalue weighted by atomic mass is 16.1. The summed E-state index contributed by atoms with van der Waals surface area (Å²) in [5.74, 6) is 0.795. The van der Waals surface area contributed by atoms with Crippen LogP contribution in [0.25, 0.3) is 11.0 Å². The summed E-state index contributed by atoms with van der Waals surface area (Å²) < 4.78 is 1.69. The lowest BCUT2D eigenvalue weighted by Crippen LogP contribution is -2.23. The van der Waals surface area contributed by atoms with E-state index in [1.807, 2.05) is 7.05 Å². The number of carbonyl (C=O) groups is 1. The average molecular weight is 232 g/mol. The Morgan fingerprint density at radius 3 is 3.18 bits per heavy atom. The van der Waals surface area contributed by atoms with Crippen LogP contribution >= 0.6 is 0 Å². The van der Waals surface area contributed by atoms with Crippen LogP contribution in [0.2, 0.25) is 0 Å². The van der Waals surface area contributed by atoms with Crippen molar-refractivity contribution in [1.82, 2.24) is 25.1 Å². The van der Waals surface area contributed by atoms with Crippen molar-refractivity contribution in [2.45, 2.75) is 12.5 Å². The molecule has 1 saturated heterocycles. The van der Waals surface area contributed by atoms with Gasteiger partial charge in [-0.25, -0.2) is 9.97 Å². The first-order valence-corrected chi connectivity index (χ1v) is 5.40. The molecule has 1 unspecified atom stereocenters. The molecule has 0 radical (unpaired) electrons. The summed E-state index contributed by atoms with van der Waals surface area (Å²) in [6.07, 6.45) is 3.70. The Morgan fingerprint density at radius 2 is 2.41 bits per heavy atom. The lowest BCUT2D eigenvalue weighted by atomic mass is 10.2. The third-order valence-electron chi connectivity index (χ3n) is 2.85. The van der Waals surface area contributed by atoms with Crippen LogP contribution in [0.4, 0.5) is 5.82 Å². The predicted molar refractivity (Wildman–Crippen MR) is 61.3 cm³/mol. The third-order valence-corrected chi connectivity index (χ3v) is 2.85. The molecule has 0 bridgehead atoms. The molecule has 1 atom stereocenters. The number of aryl methyl sites for hydroxylation is 1. The van der Waals surface area contributed by atoms with Gasteiger partial charge in [0.25, 0.3) is 0 Å². The van der Waals surface area contributed by atoms with Crippen molar-refractivity contribution in [2.75, 3.05) is 11.9 Å². The van der Waals surface area contributed by atoms with Gasteiger partial charge in [0.1, 0.15) is 12.1 Å². The summed E-state index contributed by atoms with van der Waals surface area (Å²) in [6, 6.07) is 0.0841. The van der Waals surface area contributed by atoms with E-state index in [1.165, 1.54) is 6.33 Å². The molecule has 0 spiro atoms. The molecular weight excluding hydrogens is 220 g/mol. The summed E-state index contributed by atoms with van der Waals surface area (Å²) in [6.45, 7) is 0.630. The van der Waals surface area contributed by atoms with E-state index in [1.54, 1.807) is 10.9 Å². The quantitative estimate of drug-likeness (QED) is 0.740. The minimum absolute atomic E-state index is 0.0685. The van der Waals surface area contributed by atoms with E-state index in [4.69, 9.17) is 0 Å². The van der Waals surface area contributed by atoms with Gasteiger partial charge in [-0.2, -0.15) is 5.10 Å². The van der Waals surface area contributed by atoms with Crippen LogP contribution in [0.5, 0.6) is 0 Å². The van der Waals surface area contributed by atoms with E-state index in [2.05, 4.69) is 25.7 Å². The second-order valence-corrected chi connectivity index (χ2v) is 4.08. The van der Waals surface area contributed by atoms with Crippen molar-refractivity contribution in [3.05, 3.63) is 12.5 Å².